The third-order valence-corrected chi connectivity index (χ3v) is 3.46. The van der Waals surface area contributed by atoms with Crippen molar-refractivity contribution in [3.63, 3.8) is 0 Å². The van der Waals surface area contributed by atoms with E-state index >= 15 is 0 Å². The third-order valence-electron chi connectivity index (χ3n) is 3.46. The highest BCUT2D eigenvalue weighted by Crippen LogP contribution is 2.19. The molecule has 0 bridgehead atoms. The van der Waals surface area contributed by atoms with Crippen LogP contribution >= 0.6 is 0 Å². The molecule has 5 heteroatoms. The van der Waals surface area contributed by atoms with E-state index in [0.29, 0.717) is 18.7 Å². The zero-order valence-corrected chi connectivity index (χ0v) is 11.4. The Morgan fingerprint density at radius 2 is 2.10 bits per heavy atom. The molecule has 1 aromatic carbocycles. The van der Waals surface area contributed by atoms with Crippen molar-refractivity contribution in [2.75, 3.05) is 13.1 Å². The number of hydrogen-bond donors (Lipinski definition) is 0. The lowest BCUT2D eigenvalue weighted by atomic mass is 10.2. The van der Waals surface area contributed by atoms with Gasteiger partial charge in [0, 0.05) is 30.9 Å². The molecule has 1 fully saturated rings. The molecule has 2 aromatic rings. The maximum absolute atomic E-state index is 13.2. The van der Waals surface area contributed by atoms with E-state index in [9.17, 15) is 9.18 Å². The highest BCUT2D eigenvalue weighted by molar-refractivity contribution is 5.94. The van der Waals surface area contributed by atoms with Crippen LogP contribution in [0.25, 0.3) is 0 Å². The molecule has 21 heavy (non-hydrogen) atoms. The monoisotopic (exact) mass is 286 g/mol. The molecular weight excluding hydrogens is 271 g/mol. The Morgan fingerprint density at radius 1 is 1.29 bits per heavy atom. The summed E-state index contributed by atoms with van der Waals surface area (Å²) in [6.45, 7) is 1.13. The normalized spacial score (nSPS) is 17.8. The van der Waals surface area contributed by atoms with Crippen molar-refractivity contribution in [1.29, 1.82) is 0 Å². The molecule has 0 N–H and O–H groups in total. The number of halogens is 1. The molecular formula is C16H15FN2O2. The van der Waals surface area contributed by atoms with Crippen LogP contribution in [0.4, 0.5) is 4.39 Å². The number of rotatable bonds is 3. The van der Waals surface area contributed by atoms with Gasteiger partial charge in [-0.2, -0.15) is 0 Å². The van der Waals surface area contributed by atoms with Crippen LogP contribution in [0, 0.1) is 5.82 Å². The lowest BCUT2D eigenvalue weighted by Crippen LogP contribution is -2.31. The number of aromatic nitrogens is 1. The molecule has 108 valence electrons. The minimum absolute atomic E-state index is 0.0371. The van der Waals surface area contributed by atoms with E-state index in [1.165, 1.54) is 12.1 Å². The zero-order chi connectivity index (χ0) is 14.7. The van der Waals surface area contributed by atoms with Crippen molar-refractivity contribution >= 4 is 5.91 Å². The van der Waals surface area contributed by atoms with E-state index in [1.807, 2.05) is 0 Å². The van der Waals surface area contributed by atoms with Crippen molar-refractivity contribution in [1.82, 2.24) is 9.88 Å². The quantitative estimate of drug-likeness (QED) is 0.870. The van der Waals surface area contributed by atoms with Crippen LogP contribution in [0.2, 0.25) is 0 Å². The predicted molar refractivity (Wildman–Crippen MR) is 75.6 cm³/mol. The minimum atomic E-state index is -0.398. The fourth-order valence-electron chi connectivity index (χ4n) is 2.42. The van der Waals surface area contributed by atoms with Crippen molar-refractivity contribution in [3.05, 3.63) is 60.2 Å². The number of hydrogen-bond acceptors (Lipinski definition) is 3. The van der Waals surface area contributed by atoms with Gasteiger partial charge < -0.3 is 9.64 Å². The van der Waals surface area contributed by atoms with Crippen LogP contribution in [0.15, 0.2) is 48.8 Å². The van der Waals surface area contributed by atoms with Gasteiger partial charge in [-0.1, -0.05) is 6.07 Å². The van der Waals surface area contributed by atoms with Gasteiger partial charge >= 0.3 is 0 Å². The van der Waals surface area contributed by atoms with Crippen molar-refractivity contribution in [2.45, 2.75) is 12.5 Å². The van der Waals surface area contributed by atoms with E-state index in [-0.39, 0.29) is 12.0 Å². The average Bonchev–Trinajstić information content (AvgIpc) is 2.96. The smallest absolute Gasteiger partial charge is 0.254 e. The number of pyridine rings is 1. The molecule has 0 radical (unpaired) electrons. The van der Waals surface area contributed by atoms with Crippen molar-refractivity contribution in [2.24, 2.45) is 0 Å². The summed E-state index contributed by atoms with van der Waals surface area (Å²) < 4.78 is 19.0. The van der Waals surface area contributed by atoms with Gasteiger partial charge in [0.25, 0.3) is 5.91 Å². The van der Waals surface area contributed by atoms with Gasteiger partial charge in [0.15, 0.2) is 0 Å². The first-order valence-electron chi connectivity index (χ1n) is 6.84. The molecule has 4 nitrogen and oxygen atoms in total. The minimum Gasteiger partial charge on any atom is -0.488 e. The molecule has 1 aliphatic rings. The zero-order valence-electron chi connectivity index (χ0n) is 11.4. The summed E-state index contributed by atoms with van der Waals surface area (Å²) in [5, 5.41) is 0. The molecule has 0 aliphatic carbocycles. The maximum atomic E-state index is 13.2. The van der Waals surface area contributed by atoms with Gasteiger partial charge in [-0.05, 0) is 30.3 Å². The molecule has 1 saturated heterocycles. The predicted octanol–water partition coefficient (Wildman–Crippen LogP) is 2.51. The highest BCUT2D eigenvalue weighted by Gasteiger charge is 2.28. The Hall–Kier alpha value is -2.43. The first kappa shape index (κ1) is 13.5. The van der Waals surface area contributed by atoms with Gasteiger partial charge in [-0.25, -0.2) is 4.39 Å². The SMILES string of the molecule is O=C(c1cccc(F)c1)N1CC[C@H](Oc2ccncc2)C1. The number of carbonyl (C=O) groups is 1. The van der Waals surface area contributed by atoms with Gasteiger partial charge in [-0.15, -0.1) is 0 Å². The Morgan fingerprint density at radius 3 is 2.86 bits per heavy atom. The van der Waals surface area contributed by atoms with Crippen molar-refractivity contribution in [3.8, 4) is 5.75 Å². The number of ether oxygens (including phenoxy) is 1. The number of likely N-dealkylation sites (tertiary alicyclic amines) is 1. The maximum Gasteiger partial charge on any atom is 0.254 e. The third kappa shape index (κ3) is 3.18. The van der Waals surface area contributed by atoms with E-state index < -0.39 is 5.82 Å². The topological polar surface area (TPSA) is 42.4 Å². The molecule has 1 aliphatic heterocycles. The summed E-state index contributed by atoms with van der Waals surface area (Å²) in [5.74, 6) is 0.190. The van der Waals surface area contributed by atoms with E-state index in [1.54, 1.807) is 41.6 Å². The molecule has 0 saturated carbocycles. The van der Waals surface area contributed by atoms with Crippen LogP contribution in [-0.2, 0) is 0 Å². The summed E-state index contributed by atoms with van der Waals surface area (Å²) >= 11 is 0. The summed E-state index contributed by atoms with van der Waals surface area (Å²) in [4.78, 5) is 17.9. The van der Waals surface area contributed by atoms with Crippen LogP contribution < -0.4 is 4.74 Å². The Labute approximate surface area is 122 Å². The largest absolute Gasteiger partial charge is 0.488 e. The van der Waals surface area contributed by atoms with Gasteiger partial charge in [-0.3, -0.25) is 9.78 Å². The average molecular weight is 286 g/mol. The summed E-state index contributed by atoms with van der Waals surface area (Å²) in [6, 6.07) is 9.34. The number of benzene rings is 1. The standard InChI is InChI=1S/C16H15FN2O2/c17-13-3-1-2-12(10-13)16(20)19-9-6-15(11-19)21-14-4-7-18-8-5-14/h1-5,7-8,10,15H,6,9,11H2/t15-/m0/s1. The Kier molecular flexibility index (Phi) is 3.81. The molecule has 0 unspecified atom stereocenters. The van der Waals surface area contributed by atoms with Crippen LogP contribution in [-0.4, -0.2) is 35.0 Å². The van der Waals surface area contributed by atoms with Crippen LogP contribution in [0.5, 0.6) is 5.75 Å². The van der Waals surface area contributed by atoms with E-state index in [4.69, 9.17) is 4.74 Å². The molecule has 0 spiro atoms. The second kappa shape index (κ2) is 5.91. The van der Waals surface area contributed by atoms with Gasteiger partial charge in [0.1, 0.15) is 17.7 Å². The van der Waals surface area contributed by atoms with Gasteiger partial charge in [0.2, 0.25) is 0 Å². The molecule has 1 aromatic heterocycles. The number of carbonyl (C=O) groups excluding carboxylic acids is 1. The highest BCUT2D eigenvalue weighted by atomic mass is 19.1. The Balaban J connectivity index is 1.63. The second-order valence-electron chi connectivity index (χ2n) is 4.97. The number of amides is 1. The van der Waals surface area contributed by atoms with Crippen LogP contribution in [0.3, 0.4) is 0 Å². The molecule has 1 atom stereocenters. The second-order valence-corrected chi connectivity index (χ2v) is 4.97. The fourth-order valence-corrected chi connectivity index (χ4v) is 2.42. The lowest BCUT2D eigenvalue weighted by Gasteiger charge is -2.17. The lowest BCUT2D eigenvalue weighted by molar-refractivity contribution is 0.0772. The molecule has 2 heterocycles. The summed E-state index contributed by atoms with van der Waals surface area (Å²) in [6.07, 6.45) is 4.06. The first-order valence-corrected chi connectivity index (χ1v) is 6.84. The van der Waals surface area contributed by atoms with E-state index in [0.717, 1.165) is 12.2 Å². The molecule has 3 rings (SSSR count). The summed E-state index contributed by atoms with van der Waals surface area (Å²) in [5.41, 5.74) is 0.375. The molecule has 1 amide bonds. The first-order chi connectivity index (χ1) is 10.2. The van der Waals surface area contributed by atoms with Crippen LogP contribution in [0.1, 0.15) is 16.8 Å². The fraction of sp³-hybridized carbons (Fsp3) is 0.250. The van der Waals surface area contributed by atoms with Gasteiger partial charge in [0.05, 0.1) is 6.54 Å². The van der Waals surface area contributed by atoms with Crippen molar-refractivity contribution < 1.29 is 13.9 Å². The number of nitrogens with zero attached hydrogens (tertiary/aromatic N) is 2. The summed E-state index contributed by atoms with van der Waals surface area (Å²) in [7, 11) is 0. The Bertz CT molecular complexity index is 633. The van der Waals surface area contributed by atoms with E-state index in [2.05, 4.69) is 4.98 Å².